The first kappa shape index (κ1) is 23.8. The van der Waals surface area contributed by atoms with Crippen LogP contribution in [-0.2, 0) is 0 Å². The van der Waals surface area contributed by atoms with E-state index in [0.29, 0.717) is 0 Å². The Labute approximate surface area is 247 Å². The lowest BCUT2D eigenvalue weighted by atomic mass is 10.0. The monoisotopic (exact) mass is 552 g/mol. The topological polar surface area (TPSA) is 42.4 Å². The number of furan rings is 2. The van der Waals surface area contributed by atoms with Crippen molar-refractivity contribution in [1.82, 2.24) is 4.98 Å². The third-order valence-electron chi connectivity index (χ3n) is 8.28. The number of pyridine rings is 1. The van der Waals surface area contributed by atoms with Gasteiger partial charge in [0.15, 0.2) is 0 Å². The number of hydrogen-bond acceptors (Lipinski definition) is 4. The number of benzene rings is 6. The Balaban J connectivity index is 1.27. The van der Waals surface area contributed by atoms with Crippen molar-refractivity contribution in [2.75, 3.05) is 4.90 Å². The van der Waals surface area contributed by atoms with Crippen LogP contribution >= 0.6 is 0 Å². The Morgan fingerprint density at radius 3 is 2.02 bits per heavy atom. The molecule has 0 bridgehead atoms. The fraction of sp³-hybridized carbons (Fsp3) is 0. The van der Waals surface area contributed by atoms with Crippen molar-refractivity contribution in [3.05, 3.63) is 146 Å². The Morgan fingerprint density at radius 1 is 0.442 bits per heavy atom. The van der Waals surface area contributed by atoms with E-state index in [1.54, 1.807) is 0 Å². The van der Waals surface area contributed by atoms with Gasteiger partial charge in [0.05, 0.1) is 10.9 Å². The van der Waals surface area contributed by atoms with Gasteiger partial charge in [0.2, 0.25) is 0 Å². The van der Waals surface area contributed by atoms with Crippen molar-refractivity contribution >= 4 is 71.8 Å². The molecule has 9 aromatic rings. The van der Waals surface area contributed by atoms with Crippen LogP contribution in [0.4, 0.5) is 17.1 Å². The normalized spacial score (nSPS) is 11.7. The molecule has 43 heavy (non-hydrogen) atoms. The molecular weight excluding hydrogens is 528 g/mol. The van der Waals surface area contributed by atoms with E-state index in [9.17, 15) is 0 Å². The predicted octanol–water partition coefficient (Wildman–Crippen LogP) is 11.2. The summed E-state index contributed by atoms with van der Waals surface area (Å²) in [4.78, 5) is 6.95. The summed E-state index contributed by atoms with van der Waals surface area (Å²) in [5.74, 6) is 0. The van der Waals surface area contributed by atoms with E-state index in [4.69, 9.17) is 8.83 Å². The van der Waals surface area contributed by atoms with Crippen molar-refractivity contribution in [2.45, 2.75) is 0 Å². The van der Waals surface area contributed by atoms with Crippen LogP contribution in [0.5, 0.6) is 0 Å². The average molecular weight is 553 g/mol. The molecule has 0 aliphatic rings. The van der Waals surface area contributed by atoms with Crippen LogP contribution < -0.4 is 4.90 Å². The molecule has 0 atom stereocenters. The van der Waals surface area contributed by atoms with E-state index < -0.39 is 0 Å². The molecule has 0 aliphatic carbocycles. The summed E-state index contributed by atoms with van der Waals surface area (Å²) in [5, 5.41) is 5.41. The lowest BCUT2D eigenvalue weighted by Crippen LogP contribution is -2.09. The quantitative estimate of drug-likeness (QED) is 0.218. The third kappa shape index (κ3) is 3.81. The Hall–Kier alpha value is -5.87. The maximum Gasteiger partial charge on any atom is 0.137 e. The summed E-state index contributed by atoms with van der Waals surface area (Å²) < 4.78 is 12.7. The van der Waals surface area contributed by atoms with Gasteiger partial charge in [0, 0.05) is 56.9 Å². The Bertz CT molecular complexity index is 2470. The van der Waals surface area contributed by atoms with E-state index >= 15 is 0 Å². The number of fused-ring (bicyclic) bond motifs is 8. The zero-order valence-electron chi connectivity index (χ0n) is 23.1. The molecule has 3 aromatic heterocycles. The minimum atomic E-state index is 0.819. The van der Waals surface area contributed by atoms with Crippen molar-refractivity contribution in [1.29, 1.82) is 0 Å². The van der Waals surface area contributed by atoms with Gasteiger partial charge in [-0.1, -0.05) is 66.7 Å². The van der Waals surface area contributed by atoms with E-state index in [2.05, 4.69) is 113 Å². The summed E-state index contributed by atoms with van der Waals surface area (Å²) in [5.41, 5.74) is 9.69. The summed E-state index contributed by atoms with van der Waals surface area (Å²) in [6.45, 7) is 0. The van der Waals surface area contributed by atoms with Crippen LogP contribution in [0.25, 0.3) is 65.9 Å². The number of rotatable bonds is 4. The SMILES string of the molecule is c1ccc(-c2cccc(N(c3ccc4c(c3)oc3ccccc34)c3ccc4c(c3)oc3ccc5cccnc5c34)c2)cc1. The highest BCUT2D eigenvalue weighted by molar-refractivity contribution is 6.17. The van der Waals surface area contributed by atoms with E-state index in [0.717, 1.165) is 77.4 Å². The molecule has 6 aromatic carbocycles. The largest absolute Gasteiger partial charge is 0.456 e. The molecule has 0 N–H and O–H groups in total. The second-order valence-electron chi connectivity index (χ2n) is 10.8. The highest BCUT2D eigenvalue weighted by atomic mass is 16.3. The molecule has 9 rings (SSSR count). The van der Waals surface area contributed by atoms with Gasteiger partial charge in [-0.3, -0.25) is 4.98 Å². The summed E-state index contributed by atoms with van der Waals surface area (Å²) in [6.07, 6.45) is 1.84. The standard InChI is InChI=1S/C39H24N2O2/c1-2-8-25(9-3-1)27-10-6-12-28(22-27)41(29-16-18-32-31-13-4-5-14-34(31)42-36(32)23-29)30-17-19-33-37(24-30)43-35-20-15-26-11-7-21-40-39(26)38(33)35/h1-24H. The first-order chi connectivity index (χ1) is 21.3. The van der Waals surface area contributed by atoms with Gasteiger partial charge in [0.1, 0.15) is 22.3 Å². The fourth-order valence-electron chi connectivity index (χ4n) is 6.29. The molecule has 0 aliphatic heterocycles. The lowest BCUT2D eigenvalue weighted by Gasteiger charge is -2.26. The zero-order chi connectivity index (χ0) is 28.3. The second-order valence-corrected chi connectivity index (χ2v) is 10.8. The van der Waals surface area contributed by atoms with Crippen LogP contribution in [-0.4, -0.2) is 4.98 Å². The molecular formula is C39H24N2O2. The van der Waals surface area contributed by atoms with Gasteiger partial charge in [-0.2, -0.15) is 0 Å². The number of para-hydroxylation sites is 1. The maximum atomic E-state index is 6.44. The van der Waals surface area contributed by atoms with E-state index in [-0.39, 0.29) is 0 Å². The van der Waals surface area contributed by atoms with Gasteiger partial charge in [0.25, 0.3) is 0 Å². The predicted molar refractivity (Wildman–Crippen MR) is 176 cm³/mol. The number of anilines is 3. The van der Waals surface area contributed by atoms with Crippen LogP contribution in [0, 0.1) is 0 Å². The zero-order valence-corrected chi connectivity index (χ0v) is 23.1. The first-order valence-electron chi connectivity index (χ1n) is 14.4. The molecule has 0 amide bonds. The second kappa shape index (κ2) is 9.33. The number of aromatic nitrogens is 1. The minimum absolute atomic E-state index is 0.819. The molecule has 4 nitrogen and oxygen atoms in total. The third-order valence-corrected chi connectivity index (χ3v) is 8.28. The summed E-state index contributed by atoms with van der Waals surface area (Å²) in [7, 11) is 0. The molecule has 0 saturated heterocycles. The van der Waals surface area contributed by atoms with E-state index in [1.807, 2.05) is 42.6 Å². The molecule has 4 heteroatoms. The molecule has 0 saturated carbocycles. The molecule has 0 fully saturated rings. The highest BCUT2D eigenvalue weighted by Gasteiger charge is 2.19. The van der Waals surface area contributed by atoms with Crippen molar-refractivity contribution in [3.63, 3.8) is 0 Å². The molecule has 0 radical (unpaired) electrons. The van der Waals surface area contributed by atoms with Crippen LogP contribution in [0.1, 0.15) is 0 Å². The number of nitrogens with zero attached hydrogens (tertiary/aromatic N) is 2. The van der Waals surface area contributed by atoms with E-state index in [1.165, 1.54) is 5.56 Å². The van der Waals surface area contributed by atoms with Gasteiger partial charge >= 0.3 is 0 Å². The lowest BCUT2D eigenvalue weighted by molar-refractivity contribution is 0.669. The van der Waals surface area contributed by atoms with Gasteiger partial charge in [-0.25, -0.2) is 0 Å². The molecule has 0 unspecified atom stereocenters. The molecule has 3 heterocycles. The smallest absolute Gasteiger partial charge is 0.137 e. The maximum absolute atomic E-state index is 6.44. The number of hydrogen-bond donors (Lipinski definition) is 0. The highest BCUT2D eigenvalue weighted by Crippen LogP contribution is 2.42. The first-order valence-corrected chi connectivity index (χ1v) is 14.4. The minimum Gasteiger partial charge on any atom is -0.456 e. The van der Waals surface area contributed by atoms with Crippen molar-refractivity contribution in [3.8, 4) is 11.1 Å². The van der Waals surface area contributed by atoms with Crippen LogP contribution in [0.3, 0.4) is 0 Å². The molecule has 0 spiro atoms. The van der Waals surface area contributed by atoms with Gasteiger partial charge in [-0.15, -0.1) is 0 Å². The van der Waals surface area contributed by atoms with Crippen molar-refractivity contribution < 1.29 is 8.83 Å². The van der Waals surface area contributed by atoms with Crippen LogP contribution in [0.15, 0.2) is 155 Å². The van der Waals surface area contributed by atoms with Crippen molar-refractivity contribution in [2.24, 2.45) is 0 Å². The average Bonchev–Trinajstić information content (AvgIpc) is 3.63. The fourth-order valence-corrected chi connectivity index (χ4v) is 6.29. The summed E-state index contributed by atoms with van der Waals surface area (Å²) >= 11 is 0. The van der Waals surface area contributed by atoms with Gasteiger partial charge in [-0.05, 0) is 71.8 Å². The Kier molecular flexibility index (Phi) is 5.16. The van der Waals surface area contributed by atoms with Crippen LogP contribution in [0.2, 0.25) is 0 Å². The summed E-state index contributed by atoms with van der Waals surface area (Å²) in [6, 6.07) is 48.4. The molecule has 202 valence electrons. The van der Waals surface area contributed by atoms with Gasteiger partial charge < -0.3 is 13.7 Å². The Morgan fingerprint density at radius 2 is 1.14 bits per heavy atom.